The summed E-state index contributed by atoms with van der Waals surface area (Å²) in [6.07, 6.45) is -1.66. The lowest BCUT2D eigenvalue weighted by Gasteiger charge is -2.39. The molecule has 6 heteroatoms. The molecule has 1 saturated heterocycles. The molecular formula is C9H8F3NO2. The zero-order valence-electron chi connectivity index (χ0n) is 7.62. The van der Waals surface area contributed by atoms with Gasteiger partial charge in [-0.25, -0.2) is 0 Å². The summed E-state index contributed by atoms with van der Waals surface area (Å²) in [5.41, 5.74) is 0.288. The van der Waals surface area contributed by atoms with E-state index in [1.807, 2.05) is 0 Å². The number of alkyl halides is 3. The van der Waals surface area contributed by atoms with Crippen LogP contribution >= 0.6 is 0 Å². The predicted octanol–water partition coefficient (Wildman–Crippen LogP) is 1.91. The summed E-state index contributed by atoms with van der Waals surface area (Å²) in [7, 11) is 0. The van der Waals surface area contributed by atoms with Crippen LogP contribution in [0, 0.1) is 5.92 Å². The van der Waals surface area contributed by atoms with Crippen molar-refractivity contribution in [2.45, 2.75) is 6.18 Å². The number of nitrogens with zero attached hydrogens (tertiary/aromatic N) is 1. The monoisotopic (exact) mass is 219 g/mol. The Morgan fingerprint density at radius 3 is 2.60 bits per heavy atom. The average molecular weight is 219 g/mol. The number of carbonyl (C=O) groups is 1. The standard InChI is InChI=1S/C9H8F3NO2/c10-9(11,12)7-3-13(4-7)8(14)6-1-2-15-5-6/h1-2,5,7H,3-4H2. The number of rotatable bonds is 1. The second-order valence-corrected chi connectivity index (χ2v) is 3.46. The molecular weight excluding hydrogens is 211 g/mol. The van der Waals surface area contributed by atoms with Gasteiger partial charge in [-0.15, -0.1) is 0 Å². The molecule has 1 aliphatic heterocycles. The van der Waals surface area contributed by atoms with Crippen LogP contribution in [-0.4, -0.2) is 30.1 Å². The van der Waals surface area contributed by atoms with Crippen molar-refractivity contribution in [2.24, 2.45) is 5.92 Å². The van der Waals surface area contributed by atoms with Crippen molar-refractivity contribution in [3.63, 3.8) is 0 Å². The Bertz CT molecular complexity index is 352. The van der Waals surface area contributed by atoms with Gasteiger partial charge in [0.05, 0.1) is 17.7 Å². The lowest BCUT2D eigenvalue weighted by Crippen LogP contribution is -2.55. The minimum absolute atomic E-state index is 0.256. The maximum atomic E-state index is 12.1. The summed E-state index contributed by atoms with van der Waals surface area (Å²) in [5, 5.41) is 0. The van der Waals surface area contributed by atoms with E-state index in [1.54, 1.807) is 0 Å². The first-order valence-electron chi connectivity index (χ1n) is 4.36. The molecule has 0 radical (unpaired) electrons. The molecule has 1 fully saturated rings. The van der Waals surface area contributed by atoms with Gasteiger partial charge in [0.2, 0.25) is 0 Å². The molecule has 0 aliphatic carbocycles. The molecule has 0 atom stereocenters. The topological polar surface area (TPSA) is 33.5 Å². The molecule has 0 saturated carbocycles. The van der Waals surface area contributed by atoms with Crippen LogP contribution in [0.5, 0.6) is 0 Å². The molecule has 0 aromatic carbocycles. The van der Waals surface area contributed by atoms with Gasteiger partial charge in [-0.3, -0.25) is 4.79 Å². The van der Waals surface area contributed by atoms with Gasteiger partial charge >= 0.3 is 6.18 Å². The molecule has 0 spiro atoms. The van der Waals surface area contributed by atoms with Gasteiger partial charge < -0.3 is 9.32 Å². The second kappa shape index (κ2) is 3.29. The number of halogens is 3. The molecule has 1 aliphatic rings. The van der Waals surface area contributed by atoms with Gasteiger partial charge in [-0.2, -0.15) is 13.2 Å². The third kappa shape index (κ3) is 1.84. The molecule has 1 aromatic rings. The zero-order chi connectivity index (χ0) is 11.1. The summed E-state index contributed by atoms with van der Waals surface area (Å²) in [6.45, 7) is -0.513. The average Bonchev–Trinajstić information content (AvgIpc) is 2.48. The third-order valence-corrected chi connectivity index (χ3v) is 2.40. The van der Waals surface area contributed by atoms with E-state index in [-0.39, 0.29) is 18.7 Å². The van der Waals surface area contributed by atoms with Crippen LogP contribution in [-0.2, 0) is 0 Å². The van der Waals surface area contributed by atoms with Gasteiger partial charge in [-0.05, 0) is 6.07 Å². The first-order chi connectivity index (χ1) is 6.98. The van der Waals surface area contributed by atoms with Gasteiger partial charge in [0, 0.05) is 13.1 Å². The first kappa shape index (κ1) is 10.1. The van der Waals surface area contributed by atoms with Crippen molar-refractivity contribution in [3.05, 3.63) is 24.2 Å². The minimum Gasteiger partial charge on any atom is -0.472 e. The summed E-state index contributed by atoms with van der Waals surface area (Å²) in [6, 6.07) is 1.43. The lowest BCUT2D eigenvalue weighted by molar-refractivity contribution is -0.202. The number of likely N-dealkylation sites (tertiary alicyclic amines) is 1. The van der Waals surface area contributed by atoms with Crippen molar-refractivity contribution < 1.29 is 22.4 Å². The molecule has 2 rings (SSSR count). The normalized spacial score (nSPS) is 17.7. The molecule has 15 heavy (non-hydrogen) atoms. The van der Waals surface area contributed by atoms with Crippen molar-refractivity contribution in [2.75, 3.05) is 13.1 Å². The number of hydrogen-bond donors (Lipinski definition) is 0. The maximum absolute atomic E-state index is 12.1. The molecule has 2 heterocycles. The van der Waals surface area contributed by atoms with E-state index in [9.17, 15) is 18.0 Å². The van der Waals surface area contributed by atoms with E-state index in [2.05, 4.69) is 4.42 Å². The molecule has 0 bridgehead atoms. The van der Waals surface area contributed by atoms with Crippen molar-refractivity contribution >= 4 is 5.91 Å². The third-order valence-electron chi connectivity index (χ3n) is 2.40. The fourth-order valence-electron chi connectivity index (χ4n) is 1.42. The number of hydrogen-bond acceptors (Lipinski definition) is 2. The van der Waals surface area contributed by atoms with Crippen LogP contribution in [0.1, 0.15) is 10.4 Å². The van der Waals surface area contributed by atoms with Gasteiger partial charge in [-0.1, -0.05) is 0 Å². The second-order valence-electron chi connectivity index (χ2n) is 3.46. The highest BCUT2D eigenvalue weighted by Gasteiger charge is 2.48. The van der Waals surface area contributed by atoms with Gasteiger partial charge in [0.25, 0.3) is 5.91 Å². The van der Waals surface area contributed by atoms with Crippen LogP contribution < -0.4 is 0 Å². The molecule has 3 nitrogen and oxygen atoms in total. The van der Waals surface area contributed by atoms with Gasteiger partial charge in [0.15, 0.2) is 0 Å². The van der Waals surface area contributed by atoms with Crippen LogP contribution in [0.25, 0.3) is 0 Å². The Morgan fingerprint density at radius 2 is 2.13 bits per heavy atom. The number of amides is 1. The summed E-state index contributed by atoms with van der Waals surface area (Å²) in [4.78, 5) is 12.6. The van der Waals surface area contributed by atoms with Gasteiger partial charge in [0.1, 0.15) is 6.26 Å². The SMILES string of the molecule is O=C(c1ccoc1)N1CC(C(F)(F)F)C1. The number of furan rings is 1. The van der Waals surface area contributed by atoms with E-state index in [0.29, 0.717) is 0 Å². The largest absolute Gasteiger partial charge is 0.472 e. The van der Waals surface area contributed by atoms with E-state index in [0.717, 1.165) is 4.90 Å². The van der Waals surface area contributed by atoms with Crippen molar-refractivity contribution in [1.29, 1.82) is 0 Å². The van der Waals surface area contributed by atoms with E-state index in [4.69, 9.17) is 0 Å². The Kier molecular flexibility index (Phi) is 2.21. The fourth-order valence-corrected chi connectivity index (χ4v) is 1.42. The summed E-state index contributed by atoms with van der Waals surface area (Å²) >= 11 is 0. The first-order valence-corrected chi connectivity index (χ1v) is 4.36. The summed E-state index contributed by atoms with van der Waals surface area (Å²) in [5.74, 6) is -1.79. The highest BCUT2D eigenvalue weighted by molar-refractivity contribution is 5.94. The minimum atomic E-state index is -4.20. The van der Waals surface area contributed by atoms with E-state index in [1.165, 1.54) is 18.6 Å². The highest BCUT2D eigenvalue weighted by atomic mass is 19.4. The van der Waals surface area contributed by atoms with Crippen LogP contribution in [0.15, 0.2) is 23.0 Å². The maximum Gasteiger partial charge on any atom is 0.395 e. The highest BCUT2D eigenvalue weighted by Crippen LogP contribution is 2.33. The molecule has 0 unspecified atom stereocenters. The molecule has 0 N–H and O–H groups in total. The fraction of sp³-hybridized carbons (Fsp3) is 0.444. The van der Waals surface area contributed by atoms with Crippen LogP contribution in [0.2, 0.25) is 0 Å². The Morgan fingerprint density at radius 1 is 1.47 bits per heavy atom. The zero-order valence-corrected chi connectivity index (χ0v) is 7.62. The number of carbonyl (C=O) groups excluding carboxylic acids is 1. The van der Waals surface area contributed by atoms with Crippen molar-refractivity contribution in [1.82, 2.24) is 4.90 Å². The van der Waals surface area contributed by atoms with Crippen molar-refractivity contribution in [3.8, 4) is 0 Å². The molecule has 82 valence electrons. The van der Waals surface area contributed by atoms with E-state index >= 15 is 0 Å². The molecule has 1 amide bonds. The molecule has 1 aromatic heterocycles. The quantitative estimate of drug-likeness (QED) is 0.722. The lowest BCUT2D eigenvalue weighted by atomic mass is 9.99. The predicted molar refractivity (Wildman–Crippen MR) is 44.2 cm³/mol. The van der Waals surface area contributed by atoms with Crippen LogP contribution in [0.3, 0.4) is 0 Å². The smallest absolute Gasteiger partial charge is 0.395 e. The summed E-state index contributed by atoms with van der Waals surface area (Å²) < 4.78 is 41.0. The Labute approximate surface area is 83.5 Å². The van der Waals surface area contributed by atoms with E-state index < -0.39 is 18.0 Å². The Balaban J connectivity index is 1.93. The van der Waals surface area contributed by atoms with Crippen LogP contribution in [0.4, 0.5) is 13.2 Å². The Hall–Kier alpha value is -1.46.